The molecule has 0 bridgehead atoms. The van der Waals surface area contributed by atoms with Gasteiger partial charge in [0.15, 0.2) is 0 Å². The lowest BCUT2D eigenvalue weighted by molar-refractivity contribution is -0.116. The summed E-state index contributed by atoms with van der Waals surface area (Å²) < 4.78 is 2.19. The topological polar surface area (TPSA) is 22.0 Å². The standard InChI is InChI=1S/C15H17NO/c1-11-9-14(10-12(2)17)13(3)16(11)15-7-5-4-6-8-15/h4-9H,10H2,1-3H3. The lowest BCUT2D eigenvalue weighted by Crippen LogP contribution is -2.01. The van der Waals surface area contributed by atoms with Crippen molar-refractivity contribution in [1.82, 2.24) is 4.57 Å². The molecule has 0 aliphatic carbocycles. The molecule has 2 aromatic rings. The number of ketones is 1. The van der Waals surface area contributed by atoms with Crippen LogP contribution in [0.15, 0.2) is 36.4 Å². The molecule has 2 nitrogen and oxygen atoms in total. The number of benzene rings is 1. The van der Waals surface area contributed by atoms with E-state index in [4.69, 9.17) is 0 Å². The number of carbonyl (C=O) groups excluding carboxylic acids is 1. The zero-order valence-electron chi connectivity index (χ0n) is 10.5. The Kier molecular flexibility index (Phi) is 3.14. The van der Waals surface area contributed by atoms with Crippen molar-refractivity contribution in [2.24, 2.45) is 0 Å². The van der Waals surface area contributed by atoms with Crippen molar-refractivity contribution < 1.29 is 4.79 Å². The first-order chi connectivity index (χ1) is 8.09. The van der Waals surface area contributed by atoms with Crippen molar-refractivity contribution in [3.8, 4) is 5.69 Å². The van der Waals surface area contributed by atoms with Gasteiger partial charge in [0.05, 0.1) is 0 Å². The smallest absolute Gasteiger partial charge is 0.134 e. The molecule has 0 radical (unpaired) electrons. The molecule has 1 aromatic heterocycles. The number of hydrogen-bond donors (Lipinski definition) is 0. The molecule has 0 aliphatic heterocycles. The van der Waals surface area contributed by atoms with Crippen LogP contribution < -0.4 is 0 Å². The molecule has 1 aromatic carbocycles. The Labute approximate surface area is 102 Å². The van der Waals surface area contributed by atoms with Crippen LogP contribution in [0.2, 0.25) is 0 Å². The Balaban J connectivity index is 2.49. The van der Waals surface area contributed by atoms with Crippen LogP contribution in [0.25, 0.3) is 5.69 Å². The van der Waals surface area contributed by atoms with Crippen LogP contribution in [0.4, 0.5) is 0 Å². The van der Waals surface area contributed by atoms with Gasteiger partial charge in [-0.25, -0.2) is 0 Å². The summed E-state index contributed by atoms with van der Waals surface area (Å²) in [6, 6.07) is 12.3. The van der Waals surface area contributed by atoms with E-state index in [0.717, 1.165) is 16.9 Å². The van der Waals surface area contributed by atoms with Gasteiger partial charge in [-0.15, -0.1) is 0 Å². The molecule has 0 unspecified atom stereocenters. The van der Waals surface area contributed by atoms with Gasteiger partial charge >= 0.3 is 0 Å². The fourth-order valence-corrected chi connectivity index (χ4v) is 2.25. The number of hydrogen-bond acceptors (Lipinski definition) is 1. The molecule has 17 heavy (non-hydrogen) atoms. The quantitative estimate of drug-likeness (QED) is 0.789. The van der Waals surface area contributed by atoms with Crippen LogP contribution in [0.3, 0.4) is 0 Å². The van der Waals surface area contributed by atoms with Crippen LogP contribution in [-0.4, -0.2) is 10.4 Å². The zero-order valence-corrected chi connectivity index (χ0v) is 10.5. The van der Waals surface area contributed by atoms with Gasteiger partial charge < -0.3 is 4.57 Å². The molecule has 0 saturated heterocycles. The predicted molar refractivity (Wildman–Crippen MR) is 69.6 cm³/mol. The van der Waals surface area contributed by atoms with Gasteiger partial charge in [0.25, 0.3) is 0 Å². The average molecular weight is 227 g/mol. The molecule has 0 aliphatic rings. The van der Waals surface area contributed by atoms with Gasteiger partial charge in [0.1, 0.15) is 5.78 Å². The molecular weight excluding hydrogens is 210 g/mol. The van der Waals surface area contributed by atoms with Gasteiger partial charge in [0.2, 0.25) is 0 Å². The molecule has 0 saturated carbocycles. The number of para-hydroxylation sites is 1. The lowest BCUT2D eigenvalue weighted by Gasteiger charge is -2.09. The second-order valence-electron chi connectivity index (χ2n) is 4.45. The molecule has 2 rings (SSSR count). The van der Waals surface area contributed by atoms with Crippen molar-refractivity contribution in [3.63, 3.8) is 0 Å². The molecule has 0 atom stereocenters. The van der Waals surface area contributed by atoms with Gasteiger partial charge in [-0.3, -0.25) is 4.79 Å². The molecule has 1 heterocycles. The van der Waals surface area contributed by atoms with Crippen molar-refractivity contribution in [3.05, 3.63) is 53.3 Å². The van der Waals surface area contributed by atoms with E-state index in [2.05, 4.69) is 36.6 Å². The Morgan fingerprint density at radius 1 is 1.18 bits per heavy atom. The summed E-state index contributed by atoms with van der Waals surface area (Å²) in [4.78, 5) is 11.2. The van der Waals surface area contributed by atoms with Gasteiger partial charge in [-0.1, -0.05) is 18.2 Å². The molecular formula is C15H17NO. The lowest BCUT2D eigenvalue weighted by atomic mass is 10.1. The third-order valence-electron chi connectivity index (χ3n) is 2.99. The fraction of sp³-hybridized carbons (Fsp3) is 0.267. The minimum Gasteiger partial charge on any atom is -0.318 e. The van der Waals surface area contributed by atoms with Gasteiger partial charge in [0, 0.05) is 23.5 Å². The molecule has 2 heteroatoms. The number of aromatic nitrogens is 1. The van der Waals surface area contributed by atoms with Gasteiger partial charge in [-0.05, 0) is 44.5 Å². The van der Waals surface area contributed by atoms with Crippen LogP contribution in [0.5, 0.6) is 0 Å². The monoisotopic (exact) mass is 227 g/mol. The second-order valence-corrected chi connectivity index (χ2v) is 4.45. The Morgan fingerprint density at radius 3 is 2.41 bits per heavy atom. The Hall–Kier alpha value is -1.83. The predicted octanol–water partition coefficient (Wildman–Crippen LogP) is 3.23. The highest BCUT2D eigenvalue weighted by Gasteiger charge is 2.11. The first-order valence-corrected chi connectivity index (χ1v) is 5.82. The minimum absolute atomic E-state index is 0.207. The van der Waals surface area contributed by atoms with E-state index in [9.17, 15) is 4.79 Å². The fourth-order valence-electron chi connectivity index (χ4n) is 2.25. The summed E-state index contributed by atoms with van der Waals surface area (Å²) in [5.41, 5.74) is 4.60. The molecule has 0 amide bonds. The summed E-state index contributed by atoms with van der Waals surface area (Å²) >= 11 is 0. The van der Waals surface area contributed by atoms with Crippen molar-refractivity contribution in [2.45, 2.75) is 27.2 Å². The van der Waals surface area contributed by atoms with Crippen LogP contribution in [-0.2, 0) is 11.2 Å². The van der Waals surface area contributed by atoms with E-state index in [1.807, 2.05) is 18.2 Å². The largest absolute Gasteiger partial charge is 0.318 e. The summed E-state index contributed by atoms with van der Waals surface area (Å²) in [5, 5.41) is 0. The number of rotatable bonds is 3. The first-order valence-electron chi connectivity index (χ1n) is 5.82. The summed E-state index contributed by atoms with van der Waals surface area (Å²) in [6.07, 6.45) is 0.520. The normalized spacial score (nSPS) is 10.5. The highest BCUT2D eigenvalue weighted by molar-refractivity contribution is 5.78. The first kappa shape index (κ1) is 11.6. The molecule has 0 spiro atoms. The van der Waals surface area contributed by atoms with E-state index in [0.29, 0.717) is 6.42 Å². The number of carbonyl (C=O) groups is 1. The van der Waals surface area contributed by atoms with E-state index in [1.165, 1.54) is 5.69 Å². The number of Topliss-reactive ketones (excluding diaryl/α,β-unsaturated/α-hetero) is 1. The summed E-state index contributed by atoms with van der Waals surface area (Å²) in [6.45, 7) is 5.77. The van der Waals surface area contributed by atoms with E-state index < -0.39 is 0 Å². The Morgan fingerprint density at radius 2 is 1.82 bits per heavy atom. The second kappa shape index (κ2) is 4.58. The molecule has 88 valence electrons. The van der Waals surface area contributed by atoms with Crippen LogP contribution in [0, 0.1) is 13.8 Å². The van der Waals surface area contributed by atoms with Crippen LogP contribution >= 0.6 is 0 Å². The van der Waals surface area contributed by atoms with Crippen molar-refractivity contribution >= 4 is 5.78 Å². The van der Waals surface area contributed by atoms with Crippen LogP contribution in [0.1, 0.15) is 23.9 Å². The molecule has 0 N–H and O–H groups in total. The minimum atomic E-state index is 0.207. The zero-order chi connectivity index (χ0) is 12.4. The van der Waals surface area contributed by atoms with Crippen molar-refractivity contribution in [1.29, 1.82) is 0 Å². The van der Waals surface area contributed by atoms with Crippen molar-refractivity contribution in [2.75, 3.05) is 0 Å². The maximum Gasteiger partial charge on any atom is 0.134 e. The third-order valence-corrected chi connectivity index (χ3v) is 2.99. The molecule has 0 fully saturated rings. The van der Waals surface area contributed by atoms with Gasteiger partial charge in [-0.2, -0.15) is 0 Å². The van der Waals surface area contributed by atoms with E-state index in [1.54, 1.807) is 6.92 Å². The van der Waals surface area contributed by atoms with E-state index >= 15 is 0 Å². The number of nitrogens with zero attached hydrogens (tertiary/aromatic N) is 1. The maximum atomic E-state index is 11.2. The average Bonchev–Trinajstić information content (AvgIpc) is 2.54. The maximum absolute atomic E-state index is 11.2. The SMILES string of the molecule is CC(=O)Cc1cc(C)n(-c2ccccc2)c1C. The number of aryl methyl sites for hydroxylation is 1. The summed E-state index contributed by atoms with van der Waals surface area (Å²) in [7, 11) is 0. The third kappa shape index (κ3) is 2.31. The highest BCUT2D eigenvalue weighted by atomic mass is 16.1. The summed E-state index contributed by atoms with van der Waals surface area (Å²) in [5.74, 6) is 0.207. The Bertz CT molecular complexity index is 538. The van der Waals surface area contributed by atoms with E-state index in [-0.39, 0.29) is 5.78 Å². The highest BCUT2D eigenvalue weighted by Crippen LogP contribution is 2.21.